The Morgan fingerprint density at radius 1 is 1.21 bits per heavy atom. The van der Waals surface area contributed by atoms with Crippen LogP contribution in [0.15, 0.2) is 24.3 Å². The lowest BCUT2D eigenvalue weighted by Crippen LogP contribution is -2.43. The standard InChI is InChI=1S/C13H15ClN2O2S/c14-11-5-1-9(2-6-11)7-19-8-12(17)15-16-13(18)10-3-4-10/h1-2,5-6,10H,3-4,7-8H2,(H,15,17)(H,16,18). The minimum Gasteiger partial charge on any atom is -0.273 e. The van der Waals surface area contributed by atoms with E-state index >= 15 is 0 Å². The van der Waals surface area contributed by atoms with Gasteiger partial charge in [0.25, 0.3) is 0 Å². The molecule has 0 saturated heterocycles. The van der Waals surface area contributed by atoms with Crippen molar-refractivity contribution in [3.8, 4) is 0 Å². The predicted octanol–water partition coefficient (Wildman–Crippen LogP) is 2.13. The fourth-order valence-corrected chi connectivity index (χ4v) is 2.37. The Kier molecular flexibility index (Phi) is 5.10. The van der Waals surface area contributed by atoms with Crippen LogP contribution in [0.25, 0.3) is 0 Å². The van der Waals surface area contributed by atoms with E-state index in [-0.39, 0.29) is 17.7 Å². The first-order valence-electron chi connectivity index (χ1n) is 6.06. The lowest BCUT2D eigenvalue weighted by molar-refractivity contribution is -0.128. The molecule has 0 bridgehead atoms. The summed E-state index contributed by atoms with van der Waals surface area (Å²) >= 11 is 7.28. The minimum atomic E-state index is -0.187. The summed E-state index contributed by atoms with van der Waals surface area (Å²) in [4.78, 5) is 22.8. The molecule has 1 saturated carbocycles. The highest BCUT2D eigenvalue weighted by Gasteiger charge is 2.29. The molecule has 0 unspecified atom stereocenters. The predicted molar refractivity (Wildman–Crippen MR) is 76.6 cm³/mol. The highest BCUT2D eigenvalue weighted by Crippen LogP contribution is 2.28. The Morgan fingerprint density at radius 3 is 2.53 bits per heavy atom. The van der Waals surface area contributed by atoms with Crippen molar-refractivity contribution in [3.05, 3.63) is 34.9 Å². The van der Waals surface area contributed by atoms with Crippen LogP contribution in [0.1, 0.15) is 18.4 Å². The molecule has 19 heavy (non-hydrogen) atoms. The monoisotopic (exact) mass is 298 g/mol. The molecule has 1 aromatic rings. The van der Waals surface area contributed by atoms with E-state index in [0.717, 1.165) is 24.2 Å². The van der Waals surface area contributed by atoms with Gasteiger partial charge in [0.2, 0.25) is 11.8 Å². The summed E-state index contributed by atoms with van der Waals surface area (Å²) in [6.45, 7) is 0. The third-order valence-corrected chi connectivity index (χ3v) is 3.94. The van der Waals surface area contributed by atoms with Gasteiger partial charge in [0.15, 0.2) is 0 Å². The summed E-state index contributed by atoms with van der Waals surface area (Å²) in [5.41, 5.74) is 5.96. The largest absolute Gasteiger partial charge is 0.273 e. The topological polar surface area (TPSA) is 58.2 Å². The Morgan fingerprint density at radius 2 is 1.89 bits per heavy atom. The molecular formula is C13H15ClN2O2S. The van der Waals surface area contributed by atoms with E-state index in [0.29, 0.717) is 10.8 Å². The molecule has 0 radical (unpaired) electrons. The van der Waals surface area contributed by atoms with E-state index in [2.05, 4.69) is 10.9 Å². The molecule has 1 aromatic carbocycles. The molecule has 6 heteroatoms. The van der Waals surface area contributed by atoms with Crippen molar-refractivity contribution in [2.24, 2.45) is 5.92 Å². The zero-order valence-electron chi connectivity index (χ0n) is 10.3. The van der Waals surface area contributed by atoms with Crippen molar-refractivity contribution in [1.29, 1.82) is 0 Å². The molecule has 4 nitrogen and oxygen atoms in total. The summed E-state index contributed by atoms with van der Waals surface area (Å²) in [7, 11) is 0. The maximum absolute atomic E-state index is 11.5. The number of hydrogen-bond donors (Lipinski definition) is 2. The average molecular weight is 299 g/mol. The Bertz CT molecular complexity index is 460. The maximum atomic E-state index is 11.5. The van der Waals surface area contributed by atoms with E-state index in [9.17, 15) is 9.59 Å². The zero-order chi connectivity index (χ0) is 13.7. The van der Waals surface area contributed by atoms with E-state index in [1.807, 2.05) is 24.3 Å². The molecule has 1 aliphatic carbocycles. The molecule has 0 atom stereocenters. The molecule has 2 rings (SSSR count). The molecule has 2 amide bonds. The number of carbonyl (C=O) groups is 2. The quantitative estimate of drug-likeness (QED) is 0.819. The summed E-state index contributed by atoms with van der Waals surface area (Å²) in [5.74, 6) is 0.875. The van der Waals surface area contributed by atoms with Gasteiger partial charge in [-0.2, -0.15) is 0 Å². The lowest BCUT2D eigenvalue weighted by atomic mass is 10.2. The summed E-state index contributed by atoms with van der Waals surface area (Å²) in [6, 6.07) is 7.52. The first-order chi connectivity index (χ1) is 9.15. The normalized spacial score (nSPS) is 13.9. The van der Waals surface area contributed by atoms with Crippen LogP contribution in [0, 0.1) is 5.92 Å². The van der Waals surface area contributed by atoms with Crippen LogP contribution < -0.4 is 10.9 Å². The van der Waals surface area contributed by atoms with Crippen LogP contribution >= 0.6 is 23.4 Å². The highest BCUT2D eigenvalue weighted by molar-refractivity contribution is 7.99. The molecule has 0 heterocycles. The van der Waals surface area contributed by atoms with Crippen LogP contribution in [0.3, 0.4) is 0 Å². The van der Waals surface area contributed by atoms with Gasteiger partial charge in [0.1, 0.15) is 0 Å². The lowest BCUT2D eigenvalue weighted by Gasteiger charge is -2.06. The van der Waals surface area contributed by atoms with Crippen molar-refractivity contribution in [2.45, 2.75) is 18.6 Å². The molecule has 0 aliphatic heterocycles. The molecule has 2 N–H and O–H groups in total. The highest BCUT2D eigenvalue weighted by atomic mass is 35.5. The SMILES string of the molecule is O=C(CSCc1ccc(Cl)cc1)NNC(=O)C1CC1. The van der Waals surface area contributed by atoms with Gasteiger partial charge in [0, 0.05) is 16.7 Å². The number of benzene rings is 1. The molecule has 102 valence electrons. The molecule has 0 aromatic heterocycles. The van der Waals surface area contributed by atoms with Crippen molar-refractivity contribution in [2.75, 3.05) is 5.75 Å². The van der Waals surface area contributed by atoms with Gasteiger partial charge in [0.05, 0.1) is 5.75 Å². The van der Waals surface area contributed by atoms with E-state index in [1.54, 1.807) is 0 Å². The van der Waals surface area contributed by atoms with Crippen LogP contribution in [0.2, 0.25) is 5.02 Å². The third-order valence-electron chi connectivity index (χ3n) is 2.69. The van der Waals surface area contributed by atoms with Crippen molar-refractivity contribution >= 4 is 35.2 Å². The smallest absolute Gasteiger partial charge is 0.248 e. The van der Waals surface area contributed by atoms with E-state index in [1.165, 1.54) is 11.8 Å². The Balaban J connectivity index is 1.60. The van der Waals surface area contributed by atoms with Gasteiger partial charge in [-0.1, -0.05) is 23.7 Å². The number of nitrogens with one attached hydrogen (secondary N) is 2. The number of hydrogen-bond acceptors (Lipinski definition) is 3. The van der Waals surface area contributed by atoms with Crippen LogP contribution in [-0.4, -0.2) is 17.6 Å². The van der Waals surface area contributed by atoms with Gasteiger partial charge in [-0.05, 0) is 30.5 Å². The van der Waals surface area contributed by atoms with Gasteiger partial charge < -0.3 is 0 Å². The van der Waals surface area contributed by atoms with Crippen molar-refractivity contribution in [3.63, 3.8) is 0 Å². The maximum Gasteiger partial charge on any atom is 0.248 e. The molecule has 1 fully saturated rings. The Hall–Kier alpha value is -1.20. The number of carbonyl (C=O) groups excluding carboxylic acids is 2. The van der Waals surface area contributed by atoms with Crippen molar-refractivity contribution < 1.29 is 9.59 Å². The number of hydrazine groups is 1. The first-order valence-corrected chi connectivity index (χ1v) is 7.59. The molecule has 1 aliphatic rings. The third kappa shape index (κ3) is 5.12. The Labute approximate surface area is 121 Å². The van der Waals surface area contributed by atoms with Gasteiger partial charge >= 0.3 is 0 Å². The molecule has 0 spiro atoms. The summed E-state index contributed by atoms with van der Waals surface area (Å²) in [5, 5.41) is 0.703. The number of amides is 2. The number of rotatable bonds is 5. The fourth-order valence-electron chi connectivity index (χ4n) is 1.46. The summed E-state index contributed by atoms with van der Waals surface area (Å²) < 4.78 is 0. The second kappa shape index (κ2) is 6.82. The van der Waals surface area contributed by atoms with E-state index < -0.39 is 0 Å². The number of thioether (sulfide) groups is 1. The zero-order valence-corrected chi connectivity index (χ0v) is 11.9. The average Bonchev–Trinajstić information content (AvgIpc) is 3.23. The number of halogens is 1. The van der Waals surface area contributed by atoms with E-state index in [4.69, 9.17) is 11.6 Å². The van der Waals surface area contributed by atoms with Gasteiger partial charge in [-0.25, -0.2) is 0 Å². The fraction of sp³-hybridized carbons (Fsp3) is 0.385. The first kappa shape index (κ1) is 14.2. The van der Waals surface area contributed by atoms with Gasteiger partial charge in [-0.15, -0.1) is 11.8 Å². The van der Waals surface area contributed by atoms with Crippen LogP contribution in [0.4, 0.5) is 0 Å². The van der Waals surface area contributed by atoms with Crippen LogP contribution in [-0.2, 0) is 15.3 Å². The second-order valence-electron chi connectivity index (χ2n) is 4.43. The van der Waals surface area contributed by atoms with Crippen LogP contribution in [0.5, 0.6) is 0 Å². The second-order valence-corrected chi connectivity index (χ2v) is 5.85. The molecular weight excluding hydrogens is 284 g/mol. The minimum absolute atomic E-state index is 0.0870. The van der Waals surface area contributed by atoms with Crippen molar-refractivity contribution in [1.82, 2.24) is 10.9 Å². The summed E-state index contributed by atoms with van der Waals surface area (Å²) in [6.07, 6.45) is 1.85. The van der Waals surface area contributed by atoms with Gasteiger partial charge in [-0.3, -0.25) is 20.4 Å².